The third-order valence-corrected chi connectivity index (χ3v) is 3.99. The number of carbonyl (C=O) groups is 2. The van der Waals surface area contributed by atoms with Crippen LogP contribution in [-0.2, 0) is 22.6 Å². The fourth-order valence-electron chi connectivity index (χ4n) is 2.55. The number of nitrogens with zero attached hydrogens (tertiary/aromatic N) is 1. The zero-order valence-corrected chi connectivity index (χ0v) is 14.4. The number of carbonyl (C=O) groups excluding carboxylic acids is 2. The Balaban J connectivity index is 1.31. The van der Waals surface area contributed by atoms with Crippen LogP contribution in [0.15, 0.2) is 42.7 Å². The maximum absolute atomic E-state index is 11.9. The fraction of sp³-hybridized carbons (Fsp3) is 0.316. The third kappa shape index (κ3) is 5.20. The van der Waals surface area contributed by atoms with Gasteiger partial charge in [0.25, 0.3) is 0 Å². The van der Waals surface area contributed by atoms with Crippen LogP contribution in [0.2, 0.25) is 0 Å². The van der Waals surface area contributed by atoms with Gasteiger partial charge in [0.1, 0.15) is 0 Å². The van der Waals surface area contributed by atoms with E-state index in [4.69, 9.17) is 9.47 Å². The number of hydrogen-bond acceptors (Lipinski definition) is 5. The van der Waals surface area contributed by atoms with Crippen LogP contribution < -0.4 is 20.1 Å². The van der Waals surface area contributed by atoms with E-state index >= 15 is 0 Å². The molecule has 1 aromatic carbocycles. The number of aromatic nitrogens is 1. The summed E-state index contributed by atoms with van der Waals surface area (Å²) in [6.07, 6.45) is 4.58. The molecule has 26 heavy (non-hydrogen) atoms. The summed E-state index contributed by atoms with van der Waals surface area (Å²) in [5.74, 6) is 1.27. The molecular formula is C19H21N3O4. The maximum Gasteiger partial charge on any atom is 0.231 e. The molecule has 0 saturated heterocycles. The molecule has 0 aliphatic carbocycles. The van der Waals surface area contributed by atoms with Gasteiger partial charge in [-0.15, -0.1) is 0 Å². The summed E-state index contributed by atoms with van der Waals surface area (Å²) in [4.78, 5) is 27.6. The monoisotopic (exact) mass is 355 g/mol. The first-order valence-corrected chi connectivity index (χ1v) is 8.51. The minimum atomic E-state index is -0.0992. The lowest BCUT2D eigenvalue weighted by atomic mass is 10.1. The first kappa shape index (κ1) is 17.7. The van der Waals surface area contributed by atoms with Crippen molar-refractivity contribution < 1.29 is 19.1 Å². The highest BCUT2D eigenvalue weighted by atomic mass is 16.7. The minimum Gasteiger partial charge on any atom is -0.454 e. The van der Waals surface area contributed by atoms with E-state index in [1.54, 1.807) is 12.4 Å². The Morgan fingerprint density at radius 1 is 0.923 bits per heavy atom. The van der Waals surface area contributed by atoms with E-state index in [1.807, 2.05) is 30.3 Å². The van der Waals surface area contributed by atoms with Crippen LogP contribution in [0.1, 0.15) is 24.0 Å². The predicted octanol–water partition coefficient (Wildman–Crippen LogP) is 1.57. The number of benzene rings is 1. The number of nitrogens with one attached hydrogen (secondary N) is 2. The van der Waals surface area contributed by atoms with Crippen LogP contribution in [0.4, 0.5) is 0 Å². The number of pyridine rings is 1. The van der Waals surface area contributed by atoms with Gasteiger partial charge in [0.05, 0.1) is 0 Å². The summed E-state index contributed by atoms with van der Waals surface area (Å²) in [6, 6.07) is 9.36. The Labute approximate surface area is 151 Å². The van der Waals surface area contributed by atoms with Crippen molar-refractivity contribution in [3.05, 3.63) is 53.9 Å². The van der Waals surface area contributed by atoms with Gasteiger partial charge in [-0.2, -0.15) is 0 Å². The summed E-state index contributed by atoms with van der Waals surface area (Å²) in [7, 11) is 0. The van der Waals surface area contributed by atoms with E-state index in [9.17, 15) is 9.59 Å². The van der Waals surface area contributed by atoms with Crippen LogP contribution >= 0.6 is 0 Å². The number of rotatable bonds is 8. The lowest BCUT2D eigenvalue weighted by molar-refractivity contribution is -0.122. The molecule has 7 heteroatoms. The van der Waals surface area contributed by atoms with E-state index in [0.717, 1.165) is 16.9 Å². The molecule has 136 valence electrons. The molecule has 0 saturated carbocycles. The average Bonchev–Trinajstić information content (AvgIpc) is 3.13. The molecular weight excluding hydrogens is 334 g/mol. The van der Waals surface area contributed by atoms with E-state index in [0.29, 0.717) is 31.7 Å². The number of ether oxygens (including phenoxy) is 2. The molecule has 0 fully saturated rings. The summed E-state index contributed by atoms with van der Waals surface area (Å²) in [5, 5.41) is 5.58. The quantitative estimate of drug-likeness (QED) is 0.750. The Kier molecular flexibility index (Phi) is 6.03. The van der Waals surface area contributed by atoms with Crippen molar-refractivity contribution in [2.45, 2.75) is 25.8 Å². The second-order valence-electron chi connectivity index (χ2n) is 5.92. The van der Waals surface area contributed by atoms with Crippen molar-refractivity contribution in [2.75, 3.05) is 13.3 Å². The Hall–Kier alpha value is -3.09. The van der Waals surface area contributed by atoms with Gasteiger partial charge in [-0.05, 0) is 41.8 Å². The lowest BCUT2D eigenvalue weighted by Gasteiger charge is -2.07. The zero-order chi connectivity index (χ0) is 18.2. The largest absolute Gasteiger partial charge is 0.454 e. The first-order chi connectivity index (χ1) is 12.7. The van der Waals surface area contributed by atoms with E-state index in [-0.39, 0.29) is 25.0 Å². The topological polar surface area (TPSA) is 89.5 Å². The van der Waals surface area contributed by atoms with Gasteiger partial charge in [0.15, 0.2) is 11.5 Å². The Bertz CT molecular complexity index is 765. The van der Waals surface area contributed by atoms with Gasteiger partial charge < -0.3 is 20.1 Å². The SMILES string of the molecule is O=C(CCc1ccc2c(c1)OCO2)NCCC(=O)NCc1ccncc1. The normalized spacial score (nSPS) is 11.8. The summed E-state index contributed by atoms with van der Waals surface area (Å²) >= 11 is 0. The second-order valence-corrected chi connectivity index (χ2v) is 5.92. The van der Waals surface area contributed by atoms with Gasteiger partial charge in [-0.25, -0.2) is 0 Å². The molecule has 2 amide bonds. The Morgan fingerprint density at radius 2 is 1.69 bits per heavy atom. The van der Waals surface area contributed by atoms with Crippen molar-refractivity contribution in [3.63, 3.8) is 0 Å². The maximum atomic E-state index is 11.9. The van der Waals surface area contributed by atoms with Crippen molar-refractivity contribution in [1.29, 1.82) is 0 Å². The number of hydrogen-bond donors (Lipinski definition) is 2. The molecule has 1 aliphatic heterocycles. The van der Waals surface area contributed by atoms with Crippen molar-refractivity contribution in [3.8, 4) is 11.5 Å². The summed E-state index contributed by atoms with van der Waals surface area (Å²) in [5.41, 5.74) is 2.00. The molecule has 1 aromatic heterocycles. The fourth-order valence-corrected chi connectivity index (χ4v) is 2.55. The summed E-state index contributed by atoms with van der Waals surface area (Å²) < 4.78 is 10.6. The van der Waals surface area contributed by atoms with Gasteiger partial charge in [0, 0.05) is 38.3 Å². The standard InChI is InChI=1S/C19H21N3O4/c23-18(4-2-14-1-3-16-17(11-14)26-13-25-16)21-10-7-19(24)22-12-15-5-8-20-9-6-15/h1,3,5-6,8-9,11H,2,4,7,10,12-13H2,(H,21,23)(H,22,24). The first-order valence-electron chi connectivity index (χ1n) is 8.51. The molecule has 2 N–H and O–H groups in total. The van der Waals surface area contributed by atoms with E-state index in [1.165, 1.54) is 0 Å². The van der Waals surface area contributed by atoms with Crippen molar-refractivity contribution in [2.24, 2.45) is 0 Å². The van der Waals surface area contributed by atoms with Crippen LogP contribution in [-0.4, -0.2) is 30.1 Å². The van der Waals surface area contributed by atoms with Gasteiger partial charge >= 0.3 is 0 Å². The number of amides is 2. The third-order valence-electron chi connectivity index (χ3n) is 3.99. The number of aryl methyl sites for hydroxylation is 1. The molecule has 7 nitrogen and oxygen atoms in total. The highest BCUT2D eigenvalue weighted by Crippen LogP contribution is 2.32. The smallest absolute Gasteiger partial charge is 0.231 e. The predicted molar refractivity (Wildman–Crippen MR) is 94.6 cm³/mol. The molecule has 1 aliphatic rings. The number of fused-ring (bicyclic) bond motifs is 1. The highest BCUT2D eigenvalue weighted by Gasteiger charge is 2.13. The van der Waals surface area contributed by atoms with Crippen molar-refractivity contribution >= 4 is 11.8 Å². The minimum absolute atomic E-state index is 0.0791. The molecule has 2 aromatic rings. The lowest BCUT2D eigenvalue weighted by Crippen LogP contribution is -2.30. The molecule has 0 bridgehead atoms. The van der Waals surface area contributed by atoms with Crippen LogP contribution in [0, 0.1) is 0 Å². The highest BCUT2D eigenvalue weighted by molar-refractivity contribution is 5.79. The van der Waals surface area contributed by atoms with Gasteiger partial charge in [-0.3, -0.25) is 14.6 Å². The summed E-state index contributed by atoms with van der Waals surface area (Å²) in [6.45, 7) is 1.02. The molecule has 0 radical (unpaired) electrons. The zero-order valence-electron chi connectivity index (χ0n) is 14.4. The van der Waals surface area contributed by atoms with Gasteiger partial charge in [0.2, 0.25) is 18.6 Å². The van der Waals surface area contributed by atoms with Crippen LogP contribution in [0.3, 0.4) is 0 Å². The molecule has 0 atom stereocenters. The average molecular weight is 355 g/mol. The Morgan fingerprint density at radius 3 is 2.54 bits per heavy atom. The molecule has 0 unspecified atom stereocenters. The van der Waals surface area contributed by atoms with Crippen LogP contribution in [0.5, 0.6) is 11.5 Å². The second kappa shape index (κ2) is 8.84. The molecule has 3 rings (SSSR count). The molecule has 0 spiro atoms. The van der Waals surface area contributed by atoms with E-state index < -0.39 is 0 Å². The van der Waals surface area contributed by atoms with Gasteiger partial charge in [-0.1, -0.05) is 6.07 Å². The van der Waals surface area contributed by atoms with Crippen molar-refractivity contribution in [1.82, 2.24) is 15.6 Å². The molecule has 2 heterocycles. The van der Waals surface area contributed by atoms with E-state index in [2.05, 4.69) is 15.6 Å². The van der Waals surface area contributed by atoms with Crippen LogP contribution in [0.25, 0.3) is 0 Å².